The zero-order chi connectivity index (χ0) is 12.1. The van der Waals surface area contributed by atoms with E-state index in [1.807, 2.05) is 0 Å². The summed E-state index contributed by atoms with van der Waals surface area (Å²) in [4.78, 5) is 2.54. The molecular weight excluding hydrogens is 210 g/mol. The van der Waals surface area contributed by atoms with Gasteiger partial charge in [-0.3, -0.25) is 5.32 Å². The Morgan fingerprint density at radius 1 is 1.29 bits per heavy atom. The lowest BCUT2D eigenvalue weighted by atomic mass is 10.0. The van der Waals surface area contributed by atoms with Gasteiger partial charge in [0.25, 0.3) is 0 Å². The molecule has 0 aromatic rings. The Kier molecular flexibility index (Phi) is 4.82. The van der Waals surface area contributed by atoms with E-state index in [0.29, 0.717) is 6.04 Å². The van der Waals surface area contributed by atoms with Crippen LogP contribution in [-0.2, 0) is 0 Å². The summed E-state index contributed by atoms with van der Waals surface area (Å²) in [5, 5.41) is 12.5. The first-order valence-electron chi connectivity index (χ1n) is 7.16. The van der Waals surface area contributed by atoms with Gasteiger partial charge in [-0.25, -0.2) is 0 Å². The zero-order valence-electron chi connectivity index (χ0n) is 11.0. The molecule has 1 aliphatic carbocycles. The minimum absolute atomic E-state index is 0.0724. The molecule has 1 saturated carbocycles. The van der Waals surface area contributed by atoms with Crippen LogP contribution in [0.15, 0.2) is 0 Å². The van der Waals surface area contributed by atoms with Crippen molar-refractivity contribution in [3.05, 3.63) is 0 Å². The zero-order valence-corrected chi connectivity index (χ0v) is 11.0. The summed E-state index contributed by atoms with van der Waals surface area (Å²) >= 11 is 0. The fraction of sp³-hybridized carbons (Fsp3) is 0.929. The van der Waals surface area contributed by atoms with Gasteiger partial charge in [-0.15, -0.1) is 0 Å². The summed E-state index contributed by atoms with van der Waals surface area (Å²) in [7, 11) is 0. The highest BCUT2D eigenvalue weighted by Gasteiger charge is 2.24. The number of likely N-dealkylation sites (tertiary alicyclic amines) is 1. The van der Waals surface area contributed by atoms with Crippen LogP contribution in [0.2, 0.25) is 0 Å². The largest absolute Gasteiger partial charge is 0.303 e. The lowest BCUT2D eigenvalue weighted by molar-refractivity contribution is 0.270. The van der Waals surface area contributed by atoms with Gasteiger partial charge in [-0.1, -0.05) is 6.92 Å². The molecule has 1 heterocycles. The Balaban J connectivity index is 1.66. The minimum atomic E-state index is 0.0724. The van der Waals surface area contributed by atoms with Gasteiger partial charge in [0.1, 0.15) is 0 Å². The van der Waals surface area contributed by atoms with Crippen LogP contribution in [0.5, 0.6) is 0 Å². The maximum Gasteiger partial charge on any atom is 0.0967 e. The van der Waals surface area contributed by atoms with E-state index in [1.54, 1.807) is 0 Å². The predicted octanol–water partition coefficient (Wildman–Crippen LogP) is 2.14. The monoisotopic (exact) mass is 235 g/mol. The van der Waals surface area contributed by atoms with Gasteiger partial charge in [0, 0.05) is 12.6 Å². The lowest BCUT2D eigenvalue weighted by Crippen LogP contribution is -2.35. The van der Waals surface area contributed by atoms with E-state index in [2.05, 4.69) is 23.2 Å². The molecule has 1 saturated heterocycles. The average Bonchev–Trinajstić information content (AvgIpc) is 3.13. The Morgan fingerprint density at radius 2 is 2.12 bits per heavy atom. The van der Waals surface area contributed by atoms with Crippen LogP contribution < -0.4 is 5.32 Å². The van der Waals surface area contributed by atoms with Crippen molar-refractivity contribution in [1.29, 1.82) is 5.26 Å². The van der Waals surface area contributed by atoms with Crippen LogP contribution in [0.1, 0.15) is 45.4 Å². The number of rotatable bonds is 5. The molecule has 17 heavy (non-hydrogen) atoms. The quantitative estimate of drug-likeness (QED) is 0.793. The standard InChI is InChI=1S/C14H25N3/c1-12-3-2-8-17(9-6-12)10-7-14(11-15)16-13-4-5-13/h12-14,16H,2-10H2,1H3. The number of nitrogens with zero attached hydrogens (tertiary/aromatic N) is 2. The van der Waals surface area contributed by atoms with Gasteiger partial charge in [0.05, 0.1) is 12.1 Å². The third-order valence-electron chi connectivity index (χ3n) is 4.01. The molecule has 2 rings (SSSR count). The van der Waals surface area contributed by atoms with Gasteiger partial charge in [-0.05, 0) is 57.5 Å². The molecular formula is C14H25N3. The minimum Gasteiger partial charge on any atom is -0.303 e. The summed E-state index contributed by atoms with van der Waals surface area (Å²) in [6, 6.07) is 3.11. The molecule has 0 bridgehead atoms. The lowest BCUT2D eigenvalue weighted by Gasteiger charge is -2.21. The Morgan fingerprint density at radius 3 is 2.82 bits per heavy atom. The second kappa shape index (κ2) is 6.37. The van der Waals surface area contributed by atoms with E-state index >= 15 is 0 Å². The molecule has 96 valence electrons. The molecule has 2 unspecified atom stereocenters. The topological polar surface area (TPSA) is 39.1 Å². The number of hydrogen-bond acceptors (Lipinski definition) is 3. The van der Waals surface area contributed by atoms with Gasteiger partial charge in [0.2, 0.25) is 0 Å². The van der Waals surface area contributed by atoms with Gasteiger partial charge in [0.15, 0.2) is 0 Å². The smallest absolute Gasteiger partial charge is 0.0967 e. The average molecular weight is 235 g/mol. The first-order valence-corrected chi connectivity index (χ1v) is 7.16. The highest BCUT2D eigenvalue weighted by molar-refractivity contribution is 4.96. The van der Waals surface area contributed by atoms with Gasteiger partial charge >= 0.3 is 0 Å². The normalized spacial score (nSPS) is 28.4. The summed E-state index contributed by atoms with van der Waals surface area (Å²) in [5.74, 6) is 0.886. The van der Waals surface area contributed by atoms with Crippen LogP contribution >= 0.6 is 0 Å². The second-order valence-corrected chi connectivity index (χ2v) is 5.79. The summed E-state index contributed by atoms with van der Waals surface area (Å²) in [6.07, 6.45) is 7.54. The van der Waals surface area contributed by atoms with Gasteiger partial charge < -0.3 is 4.90 Å². The number of hydrogen-bond donors (Lipinski definition) is 1. The molecule has 0 amide bonds. The van der Waals surface area contributed by atoms with Crippen molar-refractivity contribution in [2.75, 3.05) is 19.6 Å². The van der Waals surface area contributed by atoms with E-state index < -0.39 is 0 Å². The van der Waals surface area contributed by atoms with Crippen molar-refractivity contribution < 1.29 is 0 Å². The van der Waals surface area contributed by atoms with E-state index in [-0.39, 0.29) is 6.04 Å². The van der Waals surface area contributed by atoms with Gasteiger partial charge in [-0.2, -0.15) is 5.26 Å². The van der Waals surface area contributed by atoms with Crippen LogP contribution in [0.4, 0.5) is 0 Å². The maximum atomic E-state index is 9.10. The molecule has 2 fully saturated rings. The predicted molar refractivity (Wildman–Crippen MR) is 69.6 cm³/mol. The summed E-state index contributed by atoms with van der Waals surface area (Å²) < 4.78 is 0. The van der Waals surface area contributed by atoms with Crippen molar-refractivity contribution in [3.63, 3.8) is 0 Å². The molecule has 0 spiro atoms. The van der Waals surface area contributed by atoms with Crippen LogP contribution in [0.25, 0.3) is 0 Å². The number of nitriles is 1. The maximum absolute atomic E-state index is 9.10. The first kappa shape index (κ1) is 12.9. The van der Waals surface area contributed by atoms with E-state index in [0.717, 1.165) is 18.9 Å². The third-order valence-corrected chi connectivity index (χ3v) is 4.01. The van der Waals surface area contributed by atoms with Crippen LogP contribution in [0, 0.1) is 17.2 Å². The fourth-order valence-electron chi connectivity index (χ4n) is 2.58. The number of nitrogens with one attached hydrogen (secondary N) is 1. The molecule has 3 nitrogen and oxygen atoms in total. The molecule has 0 radical (unpaired) electrons. The molecule has 2 atom stereocenters. The first-order chi connectivity index (χ1) is 8.28. The van der Waals surface area contributed by atoms with Crippen molar-refractivity contribution in [2.45, 2.75) is 57.5 Å². The molecule has 1 aliphatic heterocycles. The Labute approximate surface area is 105 Å². The Bertz CT molecular complexity index is 267. The second-order valence-electron chi connectivity index (χ2n) is 5.79. The molecule has 3 heteroatoms. The van der Waals surface area contributed by atoms with Crippen LogP contribution in [0.3, 0.4) is 0 Å². The van der Waals surface area contributed by atoms with E-state index in [9.17, 15) is 0 Å². The highest BCUT2D eigenvalue weighted by atomic mass is 15.1. The third kappa shape index (κ3) is 4.65. The highest BCUT2D eigenvalue weighted by Crippen LogP contribution is 2.20. The molecule has 2 aliphatic rings. The van der Waals surface area contributed by atoms with Crippen molar-refractivity contribution in [3.8, 4) is 6.07 Å². The Hall–Kier alpha value is -0.590. The van der Waals surface area contributed by atoms with Crippen molar-refractivity contribution >= 4 is 0 Å². The van der Waals surface area contributed by atoms with Crippen molar-refractivity contribution in [2.24, 2.45) is 5.92 Å². The molecule has 1 N–H and O–H groups in total. The van der Waals surface area contributed by atoms with Crippen molar-refractivity contribution in [1.82, 2.24) is 10.2 Å². The summed E-state index contributed by atoms with van der Waals surface area (Å²) in [6.45, 7) is 5.90. The SMILES string of the molecule is CC1CCCN(CCC(C#N)NC2CC2)CC1. The molecule has 0 aromatic carbocycles. The fourth-order valence-corrected chi connectivity index (χ4v) is 2.58. The van der Waals surface area contributed by atoms with E-state index in [1.165, 1.54) is 45.2 Å². The van der Waals surface area contributed by atoms with Crippen LogP contribution in [-0.4, -0.2) is 36.6 Å². The molecule has 0 aromatic heterocycles. The van der Waals surface area contributed by atoms with E-state index in [4.69, 9.17) is 5.26 Å². The summed E-state index contributed by atoms with van der Waals surface area (Å²) in [5.41, 5.74) is 0.